The van der Waals surface area contributed by atoms with Gasteiger partial charge in [0.05, 0.1) is 4.90 Å². The quantitative estimate of drug-likeness (QED) is 0.490. The molecule has 1 aliphatic rings. The van der Waals surface area contributed by atoms with Gasteiger partial charge in [0.25, 0.3) is 0 Å². The van der Waals surface area contributed by atoms with Crippen molar-refractivity contribution in [2.75, 3.05) is 13.2 Å². The van der Waals surface area contributed by atoms with Crippen LogP contribution in [0.3, 0.4) is 0 Å². The SMILES string of the molecule is Cn1ccc(S(=O)(=O)NCCOc2ccc3c(c2)C(Cc2cc(F)cc(F)c2)C(N)CC3)c1. The van der Waals surface area contributed by atoms with E-state index >= 15 is 0 Å². The van der Waals surface area contributed by atoms with E-state index < -0.39 is 21.7 Å². The monoisotopic (exact) mass is 475 g/mol. The van der Waals surface area contributed by atoms with E-state index in [2.05, 4.69) is 4.72 Å². The summed E-state index contributed by atoms with van der Waals surface area (Å²) in [6, 6.07) is 10.6. The summed E-state index contributed by atoms with van der Waals surface area (Å²) in [7, 11) is -1.84. The van der Waals surface area contributed by atoms with Gasteiger partial charge >= 0.3 is 0 Å². The Morgan fingerprint density at radius 2 is 1.91 bits per heavy atom. The first-order valence-corrected chi connectivity index (χ1v) is 12.3. The van der Waals surface area contributed by atoms with Crippen molar-refractivity contribution in [2.24, 2.45) is 12.8 Å². The number of hydrogen-bond donors (Lipinski definition) is 2. The summed E-state index contributed by atoms with van der Waals surface area (Å²) in [4.78, 5) is 0.199. The highest BCUT2D eigenvalue weighted by molar-refractivity contribution is 7.89. The minimum Gasteiger partial charge on any atom is -0.492 e. The molecule has 0 saturated heterocycles. The fourth-order valence-electron chi connectivity index (χ4n) is 4.30. The molecule has 0 fully saturated rings. The molecule has 0 amide bonds. The predicted molar refractivity (Wildman–Crippen MR) is 122 cm³/mol. The van der Waals surface area contributed by atoms with Gasteiger partial charge in [-0.3, -0.25) is 0 Å². The van der Waals surface area contributed by atoms with Gasteiger partial charge in [-0.1, -0.05) is 6.07 Å². The molecule has 0 aliphatic heterocycles. The zero-order valence-corrected chi connectivity index (χ0v) is 19.1. The fraction of sp³-hybridized carbons (Fsp3) is 0.333. The molecular weight excluding hydrogens is 448 g/mol. The summed E-state index contributed by atoms with van der Waals surface area (Å²) < 4.78 is 61.9. The van der Waals surface area contributed by atoms with Crippen LogP contribution < -0.4 is 15.2 Å². The predicted octanol–water partition coefficient (Wildman–Crippen LogP) is 3.26. The third-order valence-electron chi connectivity index (χ3n) is 5.94. The van der Waals surface area contributed by atoms with E-state index in [1.165, 1.54) is 24.4 Å². The molecule has 1 aromatic heterocycles. The number of aromatic nitrogens is 1. The molecule has 33 heavy (non-hydrogen) atoms. The maximum atomic E-state index is 13.7. The average Bonchev–Trinajstić information content (AvgIpc) is 3.20. The lowest BCUT2D eigenvalue weighted by atomic mass is 9.76. The largest absolute Gasteiger partial charge is 0.492 e. The maximum absolute atomic E-state index is 13.7. The second kappa shape index (κ2) is 9.62. The summed E-state index contributed by atoms with van der Waals surface area (Å²) in [6.07, 6.45) is 5.22. The van der Waals surface area contributed by atoms with Gasteiger partial charge in [0.2, 0.25) is 10.0 Å². The van der Waals surface area contributed by atoms with E-state index in [-0.39, 0.29) is 30.0 Å². The fourth-order valence-corrected chi connectivity index (χ4v) is 5.36. The number of ether oxygens (including phenoxy) is 1. The number of nitrogens with two attached hydrogens (primary N) is 1. The second-order valence-corrected chi connectivity index (χ2v) is 10.2. The third kappa shape index (κ3) is 5.61. The number of nitrogens with one attached hydrogen (secondary N) is 1. The van der Waals surface area contributed by atoms with Crippen LogP contribution in [-0.4, -0.2) is 32.2 Å². The first-order valence-electron chi connectivity index (χ1n) is 10.8. The highest BCUT2D eigenvalue weighted by Crippen LogP contribution is 2.36. The van der Waals surface area contributed by atoms with Gasteiger partial charge in [-0.05, 0) is 66.3 Å². The molecule has 3 aromatic rings. The molecule has 176 valence electrons. The van der Waals surface area contributed by atoms with Gasteiger partial charge in [-0.15, -0.1) is 0 Å². The summed E-state index contributed by atoms with van der Waals surface area (Å²) >= 11 is 0. The van der Waals surface area contributed by atoms with Gasteiger partial charge in [0.15, 0.2) is 0 Å². The Labute approximate surface area is 192 Å². The van der Waals surface area contributed by atoms with Crippen molar-refractivity contribution in [1.82, 2.24) is 9.29 Å². The molecule has 0 spiro atoms. The molecular formula is C24H27F2N3O3S. The van der Waals surface area contributed by atoms with E-state index in [4.69, 9.17) is 10.5 Å². The Morgan fingerprint density at radius 3 is 2.61 bits per heavy atom. The van der Waals surface area contributed by atoms with Crippen molar-refractivity contribution in [2.45, 2.75) is 36.1 Å². The van der Waals surface area contributed by atoms with Crippen LogP contribution in [0.2, 0.25) is 0 Å². The zero-order chi connectivity index (χ0) is 23.6. The van der Waals surface area contributed by atoms with Gasteiger partial charge in [-0.25, -0.2) is 21.9 Å². The number of rotatable bonds is 8. The molecule has 0 radical (unpaired) electrons. The van der Waals surface area contributed by atoms with Crippen molar-refractivity contribution in [3.8, 4) is 5.75 Å². The lowest BCUT2D eigenvalue weighted by molar-refractivity contribution is 0.321. The zero-order valence-electron chi connectivity index (χ0n) is 18.3. The molecule has 2 atom stereocenters. The number of fused-ring (bicyclic) bond motifs is 1. The van der Waals surface area contributed by atoms with E-state index in [9.17, 15) is 17.2 Å². The minimum absolute atomic E-state index is 0.102. The first-order chi connectivity index (χ1) is 15.7. The van der Waals surface area contributed by atoms with Crippen LogP contribution in [0.1, 0.15) is 29.0 Å². The van der Waals surface area contributed by atoms with E-state index in [1.54, 1.807) is 17.8 Å². The van der Waals surface area contributed by atoms with Crippen LogP contribution in [0.25, 0.3) is 0 Å². The van der Waals surface area contributed by atoms with E-state index in [0.29, 0.717) is 17.7 Å². The first kappa shape index (κ1) is 23.4. The molecule has 3 N–H and O–H groups in total. The van der Waals surface area contributed by atoms with E-state index in [0.717, 1.165) is 30.0 Å². The van der Waals surface area contributed by atoms with E-state index in [1.807, 2.05) is 18.2 Å². The number of halogens is 2. The topological polar surface area (TPSA) is 86.3 Å². The molecule has 1 aliphatic carbocycles. The number of benzene rings is 2. The molecule has 9 heteroatoms. The highest BCUT2D eigenvalue weighted by Gasteiger charge is 2.28. The van der Waals surface area contributed by atoms with Crippen LogP contribution >= 0.6 is 0 Å². The van der Waals surface area contributed by atoms with Crippen LogP contribution in [0.15, 0.2) is 59.8 Å². The molecule has 0 saturated carbocycles. The molecule has 2 unspecified atom stereocenters. The summed E-state index contributed by atoms with van der Waals surface area (Å²) in [5, 5.41) is 0. The standard InChI is InChI=1S/C24H27F2N3O3S/c1-29-8-6-21(15-29)33(30,31)28-7-9-32-20-4-2-17-3-5-24(27)23(22(17)14-20)12-16-10-18(25)13-19(26)11-16/h2,4,6,8,10-11,13-15,23-24,28H,3,5,7,9,12,27H2,1H3. The van der Waals surface area contributed by atoms with Gasteiger partial charge in [0, 0.05) is 44.0 Å². The molecule has 0 bridgehead atoms. The normalized spacial score (nSPS) is 18.2. The van der Waals surface area contributed by atoms with Crippen LogP contribution in [0, 0.1) is 11.6 Å². The summed E-state index contributed by atoms with van der Waals surface area (Å²) in [5.74, 6) is -0.721. The van der Waals surface area contributed by atoms with Crippen molar-refractivity contribution < 1.29 is 21.9 Å². The van der Waals surface area contributed by atoms with Gasteiger partial charge < -0.3 is 15.0 Å². The molecule has 2 aromatic carbocycles. The van der Waals surface area contributed by atoms with Crippen LogP contribution in [0.4, 0.5) is 8.78 Å². The lowest BCUT2D eigenvalue weighted by Crippen LogP contribution is -2.34. The lowest BCUT2D eigenvalue weighted by Gasteiger charge is -2.32. The van der Waals surface area contributed by atoms with Gasteiger partial charge in [-0.2, -0.15) is 0 Å². The number of nitrogens with zero attached hydrogens (tertiary/aromatic N) is 1. The number of sulfonamides is 1. The molecule has 6 nitrogen and oxygen atoms in total. The van der Waals surface area contributed by atoms with Crippen molar-refractivity contribution in [3.63, 3.8) is 0 Å². The molecule has 4 rings (SSSR count). The smallest absolute Gasteiger partial charge is 0.242 e. The van der Waals surface area contributed by atoms with Gasteiger partial charge in [0.1, 0.15) is 24.0 Å². The van der Waals surface area contributed by atoms with Crippen molar-refractivity contribution in [3.05, 3.63) is 83.2 Å². The second-order valence-electron chi connectivity index (χ2n) is 8.41. The Morgan fingerprint density at radius 1 is 1.15 bits per heavy atom. The van der Waals surface area contributed by atoms with Crippen molar-refractivity contribution in [1.29, 1.82) is 0 Å². The maximum Gasteiger partial charge on any atom is 0.242 e. The number of aryl methyl sites for hydroxylation is 2. The Kier molecular flexibility index (Phi) is 6.83. The minimum atomic E-state index is -3.59. The number of hydrogen-bond acceptors (Lipinski definition) is 4. The Balaban J connectivity index is 1.43. The Bertz CT molecular complexity index is 1220. The summed E-state index contributed by atoms with van der Waals surface area (Å²) in [6.45, 7) is 0.260. The average molecular weight is 476 g/mol. The highest BCUT2D eigenvalue weighted by atomic mass is 32.2. The van der Waals surface area contributed by atoms with Crippen LogP contribution in [0.5, 0.6) is 5.75 Å². The molecule has 1 heterocycles. The van der Waals surface area contributed by atoms with Crippen molar-refractivity contribution >= 4 is 10.0 Å². The van der Waals surface area contributed by atoms with Crippen LogP contribution in [-0.2, 0) is 29.9 Å². The summed E-state index contributed by atoms with van der Waals surface area (Å²) in [5.41, 5.74) is 9.08. The Hall–Kier alpha value is -2.75. The third-order valence-corrected chi connectivity index (χ3v) is 7.38.